The van der Waals surface area contributed by atoms with Gasteiger partial charge in [-0.15, -0.1) is 0 Å². The molecular weight excluding hydrogens is 516 g/mol. The Labute approximate surface area is 233 Å². The lowest BCUT2D eigenvalue weighted by atomic mass is 9.52. The molecule has 6 unspecified atom stereocenters. The van der Waals surface area contributed by atoms with Crippen molar-refractivity contribution in [2.24, 2.45) is 29.4 Å². The number of piperidine rings is 1. The summed E-state index contributed by atoms with van der Waals surface area (Å²) in [6.45, 7) is 2.22. The molecule has 5 rings (SSSR count). The molecule has 11 heteroatoms. The van der Waals surface area contributed by atoms with Crippen LogP contribution in [-0.2, 0) is 32.1 Å². The fourth-order valence-electron chi connectivity index (χ4n) is 7.58. The minimum Gasteiger partial charge on any atom is -0.507 e. The Kier molecular flexibility index (Phi) is 7.12. The lowest BCUT2D eigenvalue weighted by molar-refractivity contribution is -0.181. The standard InChI is InChI=1S/C29H38N4O7/c1-31(2)18-12-15(13-33-8-6-5-7-9-33)23(34)20-16(18)10-14-11-17-22(32(3)4)25(36)21(28(30)39)27(38)29(17,40)26(37)19(14)24(20)35/h12,14,17,19,21-22,34,40H,5-11,13H2,1-4H3,(H2,30,39). The monoisotopic (exact) mass is 554 g/mol. The van der Waals surface area contributed by atoms with Crippen molar-refractivity contribution in [3.05, 3.63) is 22.8 Å². The van der Waals surface area contributed by atoms with Gasteiger partial charge in [0.2, 0.25) is 5.91 Å². The number of nitrogens with zero attached hydrogens (tertiary/aromatic N) is 3. The van der Waals surface area contributed by atoms with Gasteiger partial charge in [0.15, 0.2) is 34.7 Å². The van der Waals surface area contributed by atoms with Crippen LogP contribution in [0.5, 0.6) is 5.75 Å². The van der Waals surface area contributed by atoms with E-state index in [1.807, 2.05) is 25.1 Å². The minimum atomic E-state index is -2.72. The molecule has 0 aromatic heterocycles. The van der Waals surface area contributed by atoms with Crippen molar-refractivity contribution in [3.63, 3.8) is 0 Å². The maximum Gasteiger partial charge on any atom is 0.235 e. The summed E-state index contributed by atoms with van der Waals surface area (Å²) in [5.74, 6) is -10.2. The lowest BCUT2D eigenvalue weighted by Crippen LogP contribution is -2.74. The first-order valence-corrected chi connectivity index (χ1v) is 13.9. The van der Waals surface area contributed by atoms with Crippen molar-refractivity contribution in [3.8, 4) is 5.75 Å². The number of aromatic hydroxyl groups is 1. The fourth-order valence-corrected chi connectivity index (χ4v) is 7.58. The second kappa shape index (κ2) is 10.0. The number of likely N-dealkylation sites (N-methyl/N-ethyl adjacent to an activating group) is 1. The quantitative estimate of drug-likeness (QED) is 0.420. The molecule has 4 N–H and O–H groups in total. The van der Waals surface area contributed by atoms with Crippen LogP contribution in [0, 0.1) is 23.7 Å². The number of aliphatic hydroxyl groups is 1. The predicted molar refractivity (Wildman–Crippen MR) is 145 cm³/mol. The summed E-state index contributed by atoms with van der Waals surface area (Å²) in [5.41, 5.74) is 4.66. The normalized spacial score (nSPS) is 32.5. The van der Waals surface area contributed by atoms with E-state index in [1.165, 1.54) is 4.90 Å². The third-order valence-corrected chi connectivity index (χ3v) is 9.44. The van der Waals surface area contributed by atoms with E-state index in [-0.39, 0.29) is 24.2 Å². The van der Waals surface area contributed by atoms with E-state index in [9.17, 15) is 34.2 Å². The number of phenols is 1. The van der Waals surface area contributed by atoms with Crippen molar-refractivity contribution < 1.29 is 34.2 Å². The van der Waals surface area contributed by atoms with Gasteiger partial charge in [0, 0.05) is 37.8 Å². The van der Waals surface area contributed by atoms with Gasteiger partial charge in [0.25, 0.3) is 0 Å². The van der Waals surface area contributed by atoms with E-state index in [0.717, 1.165) is 38.0 Å². The molecule has 3 aliphatic carbocycles. The molecule has 0 radical (unpaired) electrons. The molecule has 4 aliphatic rings. The largest absolute Gasteiger partial charge is 0.507 e. The molecule has 40 heavy (non-hydrogen) atoms. The third-order valence-electron chi connectivity index (χ3n) is 9.44. The maximum absolute atomic E-state index is 14.1. The van der Waals surface area contributed by atoms with Crippen LogP contribution in [0.2, 0.25) is 0 Å². The molecule has 0 bridgehead atoms. The number of Topliss-reactive ketones (excluding diaryl/α,β-unsaturated/α-hetero) is 4. The molecular formula is C29H38N4O7. The van der Waals surface area contributed by atoms with E-state index in [4.69, 9.17) is 5.73 Å². The van der Waals surface area contributed by atoms with E-state index in [1.54, 1.807) is 14.1 Å². The highest BCUT2D eigenvalue weighted by Gasteiger charge is 2.69. The van der Waals surface area contributed by atoms with Crippen LogP contribution in [0.4, 0.5) is 5.69 Å². The zero-order chi connectivity index (χ0) is 29.3. The Morgan fingerprint density at radius 2 is 1.73 bits per heavy atom. The average molecular weight is 555 g/mol. The average Bonchev–Trinajstić information content (AvgIpc) is 2.87. The summed E-state index contributed by atoms with van der Waals surface area (Å²) < 4.78 is 0. The number of fused-ring (bicyclic) bond motifs is 3. The third kappa shape index (κ3) is 4.09. The summed E-state index contributed by atoms with van der Waals surface area (Å²) in [6.07, 6.45) is 3.54. The summed E-state index contributed by atoms with van der Waals surface area (Å²) in [7, 11) is 6.84. The van der Waals surface area contributed by atoms with Gasteiger partial charge in [-0.05, 0) is 70.4 Å². The Hall–Kier alpha value is -3.15. The van der Waals surface area contributed by atoms with Gasteiger partial charge in [-0.25, -0.2) is 0 Å². The maximum atomic E-state index is 14.1. The van der Waals surface area contributed by atoms with Gasteiger partial charge in [-0.2, -0.15) is 0 Å². The van der Waals surface area contributed by atoms with Gasteiger partial charge in [0.1, 0.15) is 5.75 Å². The number of carbonyl (C=O) groups excluding carboxylic acids is 5. The highest BCUT2D eigenvalue weighted by molar-refractivity contribution is 6.32. The zero-order valence-electron chi connectivity index (χ0n) is 23.5. The number of likely N-dealkylation sites (tertiary alicyclic amines) is 1. The summed E-state index contributed by atoms with van der Waals surface area (Å²) in [5, 5.41) is 23.2. The molecule has 1 heterocycles. The summed E-state index contributed by atoms with van der Waals surface area (Å²) >= 11 is 0. The van der Waals surface area contributed by atoms with Gasteiger partial charge >= 0.3 is 0 Å². The van der Waals surface area contributed by atoms with Crippen LogP contribution in [0.1, 0.15) is 47.2 Å². The molecule has 1 aromatic carbocycles. The second-order valence-electron chi connectivity index (χ2n) is 12.3. The van der Waals surface area contributed by atoms with E-state index in [0.29, 0.717) is 17.7 Å². The molecule has 11 nitrogen and oxygen atoms in total. The van der Waals surface area contributed by atoms with E-state index < -0.39 is 64.4 Å². The molecule has 1 saturated heterocycles. The van der Waals surface area contributed by atoms with Gasteiger partial charge in [-0.3, -0.25) is 33.8 Å². The van der Waals surface area contributed by atoms with Crippen molar-refractivity contribution in [1.29, 1.82) is 0 Å². The SMILES string of the molecule is CN(C)c1cc(CN2CCCCC2)c(O)c2c1CC1CC3C(N(C)C)C(=O)C(C(N)=O)C(=O)C3(O)C(=O)C1C2=O. The number of primary amides is 1. The van der Waals surface area contributed by atoms with Crippen LogP contribution >= 0.6 is 0 Å². The fraction of sp³-hybridized carbons (Fsp3) is 0.621. The number of benzene rings is 1. The van der Waals surface area contributed by atoms with Crippen LogP contribution < -0.4 is 10.6 Å². The molecule has 216 valence electrons. The second-order valence-corrected chi connectivity index (χ2v) is 12.3. The predicted octanol–water partition coefficient (Wildman–Crippen LogP) is -0.0811. The Morgan fingerprint density at radius 1 is 1.07 bits per heavy atom. The number of amides is 1. The first kappa shape index (κ1) is 28.4. The topological polar surface area (TPSA) is 162 Å². The number of carbonyl (C=O) groups is 5. The minimum absolute atomic E-state index is 0.0348. The lowest BCUT2D eigenvalue weighted by Gasteiger charge is -2.52. The van der Waals surface area contributed by atoms with Crippen molar-refractivity contribution in [2.75, 3.05) is 46.2 Å². The van der Waals surface area contributed by atoms with Crippen molar-refractivity contribution in [1.82, 2.24) is 9.80 Å². The Balaban J connectivity index is 1.61. The first-order chi connectivity index (χ1) is 18.8. The zero-order valence-corrected chi connectivity index (χ0v) is 23.5. The number of rotatable bonds is 5. The molecule has 1 amide bonds. The molecule has 1 aliphatic heterocycles. The highest BCUT2D eigenvalue weighted by atomic mass is 16.3. The number of phenolic OH excluding ortho intramolecular Hbond substituents is 1. The van der Waals surface area contributed by atoms with Crippen LogP contribution in [0.15, 0.2) is 6.07 Å². The Bertz CT molecular complexity index is 1300. The summed E-state index contributed by atoms with van der Waals surface area (Å²) in [6, 6.07) is 0.778. The molecule has 6 atom stereocenters. The molecule has 2 saturated carbocycles. The van der Waals surface area contributed by atoms with Crippen molar-refractivity contribution >= 4 is 34.7 Å². The summed E-state index contributed by atoms with van der Waals surface area (Å²) in [4.78, 5) is 72.6. The molecule has 1 aromatic rings. The van der Waals surface area contributed by atoms with Crippen molar-refractivity contribution in [2.45, 2.75) is 50.3 Å². The van der Waals surface area contributed by atoms with E-state index in [2.05, 4.69) is 4.90 Å². The number of anilines is 1. The first-order valence-electron chi connectivity index (χ1n) is 13.9. The van der Waals surface area contributed by atoms with Gasteiger partial charge in [-0.1, -0.05) is 6.42 Å². The number of nitrogens with two attached hydrogens (primary N) is 1. The molecule has 3 fully saturated rings. The molecule has 0 spiro atoms. The smallest absolute Gasteiger partial charge is 0.235 e. The van der Waals surface area contributed by atoms with Gasteiger partial charge < -0.3 is 20.8 Å². The number of ketones is 4. The number of hydrogen-bond donors (Lipinski definition) is 3. The van der Waals surface area contributed by atoms with Gasteiger partial charge in [0.05, 0.1) is 17.5 Å². The van der Waals surface area contributed by atoms with Crippen LogP contribution in [-0.4, -0.2) is 102 Å². The Morgan fingerprint density at radius 3 is 2.30 bits per heavy atom. The number of hydrogen-bond acceptors (Lipinski definition) is 10. The van der Waals surface area contributed by atoms with Crippen LogP contribution in [0.3, 0.4) is 0 Å². The van der Waals surface area contributed by atoms with E-state index >= 15 is 0 Å². The van der Waals surface area contributed by atoms with Crippen LogP contribution in [0.25, 0.3) is 0 Å². The highest BCUT2D eigenvalue weighted by Crippen LogP contribution is 2.52.